The first-order valence-electron chi connectivity index (χ1n) is 17.9. The van der Waals surface area contributed by atoms with E-state index in [1.54, 1.807) is 30.3 Å². The van der Waals surface area contributed by atoms with Crippen molar-refractivity contribution in [2.24, 2.45) is 0 Å². The van der Waals surface area contributed by atoms with Crippen molar-refractivity contribution >= 4 is 92.1 Å². The number of para-hydroxylation sites is 1. The summed E-state index contributed by atoms with van der Waals surface area (Å²) in [5.74, 6) is -18.9. The van der Waals surface area contributed by atoms with Gasteiger partial charge in [0, 0.05) is 42.2 Å². The van der Waals surface area contributed by atoms with E-state index in [0.29, 0.717) is 37.8 Å². The molecule has 0 saturated heterocycles. The average molecular weight is 842 g/mol. The molecule has 0 bridgehead atoms. The van der Waals surface area contributed by atoms with Crippen LogP contribution in [0, 0.1) is 0 Å². The lowest BCUT2D eigenvalue weighted by Crippen LogP contribution is -2.13. The molecule has 0 amide bonds. The molecule has 14 N–H and O–H groups in total. The molecule has 2 aromatic heterocycles. The Morgan fingerprint density at radius 1 is 0.377 bits per heavy atom. The van der Waals surface area contributed by atoms with E-state index in [9.17, 15) is 71.5 Å². The minimum atomic E-state index is -1.40. The highest BCUT2D eigenvalue weighted by atomic mass is 32.1. The molecule has 0 radical (unpaired) electrons. The maximum absolute atomic E-state index is 11.9. The molecular weight excluding hydrogens is 815 g/mol. The van der Waals surface area contributed by atoms with E-state index in [2.05, 4.69) is 0 Å². The number of fused-ring (bicyclic) bond motifs is 8. The van der Waals surface area contributed by atoms with Crippen molar-refractivity contribution in [2.45, 2.75) is 0 Å². The van der Waals surface area contributed by atoms with E-state index >= 15 is 0 Å². The fourth-order valence-corrected chi connectivity index (χ4v) is 9.31. The van der Waals surface area contributed by atoms with Gasteiger partial charge in [0.25, 0.3) is 0 Å². The third kappa shape index (κ3) is 4.73. The van der Waals surface area contributed by atoms with Crippen LogP contribution in [0.15, 0.2) is 83.3 Å². The lowest BCUT2D eigenvalue weighted by atomic mass is 9.96. The van der Waals surface area contributed by atoms with E-state index < -0.39 is 113 Å². The molecule has 2 heterocycles. The smallest absolute Gasteiger partial charge is 0.205 e. The molecule has 10 rings (SSSR count). The molecule has 10 aromatic rings. The number of thiophene rings is 1. The summed E-state index contributed by atoms with van der Waals surface area (Å²) in [7, 11) is 0. The van der Waals surface area contributed by atoms with Crippen LogP contribution >= 0.6 is 11.3 Å². The van der Waals surface area contributed by atoms with Gasteiger partial charge in [0.05, 0.1) is 21.5 Å². The molecule has 16 nitrogen and oxygen atoms in total. The highest BCUT2D eigenvalue weighted by Crippen LogP contribution is 2.66. The van der Waals surface area contributed by atoms with Crippen LogP contribution in [0.25, 0.3) is 74.8 Å². The normalized spacial score (nSPS) is 11.9. The summed E-state index contributed by atoms with van der Waals surface area (Å²) >= 11 is 1.38. The third-order valence-corrected chi connectivity index (χ3v) is 12.2. The molecule has 0 fully saturated rings. The first-order valence-corrected chi connectivity index (χ1v) is 18.7. The van der Waals surface area contributed by atoms with Crippen molar-refractivity contribution in [1.29, 1.82) is 0 Å². The zero-order valence-electron chi connectivity index (χ0n) is 30.5. The van der Waals surface area contributed by atoms with Gasteiger partial charge in [-0.3, -0.25) is 0 Å². The second kappa shape index (κ2) is 12.4. The van der Waals surface area contributed by atoms with Gasteiger partial charge in [-0.2, -0.15) is 0 Å². The molecule has 0 spiro atoms. The predicted molar refractivity (Wildman–Crippen MR) is 225 cm³/mol. The minimum Gasteiger partial charge on any atom is -0.504 e. The lowest BCUT2D eigenvalue weighted by molar-refractivity contribution is 0.346. The number of phenolic OH excluding ortho intramolecular Hbond substituents is 14. The van der Waals surface area contributed by atoms with Crippen molar-refractivity contribution in [1.82, 2.24) is 0 Å². The quantitative estimate of drug-likeness (QED) is 0.0580. The predicted octanol–water partition coefficient (Wildman–Crippen LogP) is 9.28. The largest absolute Gasteiger partial charge is 0.504 e. The Bertz CT molecular complexity index is 3470. The first kappa shape index (κ1) is 36.6. The highest BCUT2D eigenvalue weighted by Gasteiger charge is 2.38. The fourth-order valence-electron chi connectivity index (χ4n) is 8.09. The van der Waals surface area contributed by atoms with Gasteiger partial charge in [0.15, 0.2) is 46.0 Å². The van der Waals surface area contributed by atoms with Crippen LogP contribution in [0.2, 0.25) is 0 Å². The van der Waals surface area contributed by atoms with Gasteiger partial charge in [0.1, 0.15) is 22.5 Å². The number of hydrogen-bond acceptors (Lipinski definition) is 17. The van der Waals surface area contributed by atoms with Crippen molar-refractivity contribution < 1.29 is 75.9 Å². The Kier molecular flexibility index (Phi) is 7.45. The maximum atomic E-state index is 11.9. The van der Waals surface area contributed by atoms with Crippen LogP contribution in [0.3, 0.4) is 0 Å². The molecular formula is C44H27NO15S. The van der Waals surface area contributed by atoms with E-state index in [-0.39, 0.29) is 5.69 Å². The summed E-state index contributed by atoms with van der Waals surface area (Å²) in [5.41, 5.74) is -0.0441. The molecule has 61 heavy (non-hydrogen) atoms. The number of rotatable bonds is 4. The number of nitrogens with zero attached hydrogens (tertiary/aromatic N) is 1. The lowest BCUT2D eigenvalue weighted by Gasteiger charge is -2.31. The molecule has 17 heteroatoms. The van der Waals surface area contributed by atoms with Gasteiger partial charge in [-0.05, 0) is 42.0 Å². The third-order valence-electron chi connectivity index (χ3n) is 10.9. The van der Waals surface area contributed by atoms with Crippen LogP contribution < -0.4 is 4.90 Å². The summed E-state index contributed by atoms with van der Waals surface area (Å²) in [6.45, 7) is 0. The van der Waals surface area contributed by atoms with Gasteiger partial charge in [0.2, 0.25) is 34.5 Å². The van der Waals surface area contributed by atoms with Crippen LogP contribution in [0.1, 0.15) is 0 Å². The van der Waals surface area contributed by atoms with Gasteiger partial charge in [-0.15, -0.1) is 11.3 Å². The SMILES string of the molecule is Oc1c(O)c(O)c2c(N(c3cc(-c4ccc5c(c4)oc4ccccc45)c4sc5ccccc5c4c3)c3c(O)c(O)c(O)c4c(O)c(O)c(O)c(O)c34)c(O)c(O)c(O)c2c1O. The van der Waals surface area contributed by atoms with Crippen LogP contribution in [0.5, 0.6) is 80.5 Å². The molecule has 0 unspecified atom stereocenters. The van der Waals surface area contributed by atoms with Crippen LogP contribution in [0.4, 0.5) is 17.1 Å². The van der Waals surface area contributed by atoms with Crippen LogP contribution in [-0.4, -0.2) is 71.5 Å². The van der Waals surface area contributed by atoms with Crippen molar-refractivity contribution in [2.75, 3.05) is 4.90 Å². The average Bonchev–Trinajstić information content (AvgIpc) is 3.83. The van der Waals surface area contributed by atoms with E-state index in [1.165, 1.54) is 23.5 Å². The maximum Gasteiger partial charge on any atom is 0.205 e. The Labute approximate surface area is 342 Å². The molecule has 0 aliphatic rings. The van der Waals surface area contributed by atoms with Gasteiger partial charge >= 0.3 is 0 Å². The number of hydrogen-bond donors (Lipinski definition) is 14. The Hall–Kier alpha value is -8.70. The van der Waals surface area contributed by atoms with Crippen molar-refractivity contribution in [3.05, 3.63) is 78.9 Å². The summed E-state index contributed by atoms with van der Waals surface area (Å²) in [4.78, 5) is 0.744. The second-order valence-corrected chi connectivity index (χ2v) is 15.2. The summed E-state index contributed by atoms with van der Waals surface area (Å²) in [6.07, 6.45) is 0. The summed E-state index contributed by atoms with van der Waals surface area (Å²) in [6, 6.07) is 23.0. The number of furan rings is 1. The second-order valence-electron chi connectivity index (χ2n) is 14.2. The topological polar surface area (TPSA) is 300 Å². The molecule has 304 valence electrons. The fraction of sp³-hybridized carbons (Fsp3) is 0. The number of aromatic hydroxyl groups is 14. The van der Waals surface area contributed by atoms with Crippen molar-refractivity contribution in [3.63, 3.8) is 0 Å². The first-order chi connectivity index (χ1) is 29.1. The summed E-state index contributed by atoms with van der Waals surface area (Å²) in [5, 5.41) is 155. The minimum absolute atomic E-state index is 0.211. The zero-order valence-corrected chi connectivity index (χ0v) is 31.3. The van der Waals surface area contributed by atoms with Gasteiger partial charge < -0.3 is 80.8 Å². The van der Waals surface area contributed by atoms with Gasteiger partial charge in [-0.25, -0.2) is 0 Å². The van der Waals surface area contributed by atoms with E-state index in [1.807, 2.05) is 36.4 Å². The van der Waals surface area contributed by atoms with Crippen molar-refractivity contribution in [3.8, 4) is 91.6 Å². The number of anilines is 3. The molecule has 0 atom stereocenters. The Morgan fingerprint density at radius 3 is 1.39 bits per heavy atom. The van der Waals surface area contributed by atoms with E-state index in [0.717, 1.165) is 20.4 Å². The van der Waals surface area contributed by atoms with E-state index in [4.69, 9.17) is 4.42 Å². The molecule has 0 aliphatic carbocycles. The monoisotopic (exact) mass is 841 g/mol. The Morgan fingerprint density at radius 2 is 0.836 bits per heavy atom. The number of phenols is 14. The molecule has 0 saturated carbocycles. The van der Waals surface area contributed by atoms with Crippen LogP contribution in [-0.2, 0) is 0 Å². The zero-order chi connectivity index (χ0) is 43.1. The summed E-state index contributed by atoms with van der Waals surface area (Å²) < 4.78 is 7.65. The standard InChI is InChI=1S/C44H27NO15S/c46-30-24-26(34(50)42(58)40(30)56)32(48)38(54)36(52)28(24)45(29-25-27(33(49)39(55)37(29)53)35(51)43(59)41(57)31(25)47)15-12-19(44-20(13-15)18-6-2-4-8-23(18)61-44)14-9-10-17-16-5-1-3-7-21(16)60-22(17)11-14/h1-13,46-59H. The van der Waals surface area contributed by atoms with Gasteiger partial charge in [-0.1, -0.05) is 42.5 Å². The Balaban J connectivity index is 1.44. The molecule has 8 aromatic carbocycles. The highest BCUT2D eigenvalue weighted by molar-refractivity contribution is 7.26. The number of benzene rings is 8. The molecule has 0 aliphatic heterocycles.